The molecule has 2 heterocycles. The van der Waals surface area contributed by atoms with Crippen molar-refractivity contribution >= 4 is 50.7 Å². The highest BCUT2D eigenvalue weighted by atomic mass is 79.9. The molecule has 0 unspecified atom stereocenters. The number of fused-ring (bicyclic) bond motifs is 1. The number of aryl methyl sites for hydroxylation is 2. The van der Waals surface area contributed by atoms with Gasteiger partial charge in [-0.2, -0.15) is 5.10 Å². The van der Waals surface area contributed by atoms with Gasteiger partial charge in [0.25, 0.3) is 5.91 Å². The number of rotatable bonds is 17. The summed E-state index contributed by atoms with van der Waals surface area (Å²) < 4.78 is 25.8. The minimum absolute atomic E-state index is 0.161. The van der Waals surface area contributed by atoms with Crippen LogP contribution in [-0.2, 0) is 32.1 Å². The molecular weight excluding hydrogens is 636 g/mol. The van der Waals surface area contributed by atoms with Crippen LogP contribution < -0.4 is 15.8 Å². The van der Waals surface area contributed by atoms with Gasteiger partial charge < -0.3 is 29.2 Å². The number of halogens is 1. The summed E-state index contributed by atoms with van der Waals surface area (Å²) in [4.78, 5) is 41.7. The van der Waals surface area contributed by atoms with Gasteiger partial charge in [-0.3, -0.25) is 24.4 Å². The number of ether oxygens (including phenoxy) is 4. The normalized spacial score (nSPS) is 11.8. The van der Waals surface area contributed by atoms with Crippen molar-refractivity contribution in [3.63, 3.8) is 0 Å². The number of amides is 2. The molecule has 3 aromatic rings. The average molecular weight is 678 g/mol. The zero-order valence-corrected chi connectivity index (χ0v) is 27.4. The van der Waals surface area contributed by atoms with Crippen LogP contribution in [0, 0.1) is 6.92 Å². The van der Waals surface area contributed by atoms with Crippen LogP contribution in [0.4, 0.5) is 5.95 Å². The number of alkyl halides is 1. The highest BCUT2D eigenvalue weighted by molar-refractivity contribution is 9.09. The average Bonchev–Trinajstić information content (AvgIpc) is 3.50. The highest BCUT2D eigenvalue weighted by Crippen LogP contribution is 2.31. The fourth-order valence-corrected chi connectivity index (χ4v) is 4.48. The molecule has 0 aliphatic heterocycles. The van der Waals surface area contributed by atoms with Gasteiger partial charge >= 0.3 is 5.97 Å². The van der Waals surface area contributed by atoms with Crippen molar-refractivity contribution in [2.45, 2.75) is 59.7 Å². The Bertz CT molecular complexity index is 1470. The molecule has 2 amide bonds. The first-order valence-electron chi connectivity index (χ1n) is 14.3. The Balaban J connectivity index is 1.71. The van der Waals surface area contributed by atoms with Gasteiger partial charge in [0.1, 0.15) is 29.2 Å². The maximum Gasteiger partial charge on any atom is 0.308 e. The summed E-state index contributed by atoms with van der Waals surface area (Å²) in [6.45, 7) is 11.3. The van der Waals surface area contributed by atoms with Gasteiger partial charge in [-0.25, -0.2) is 4.98 Å². The van der Waals surface area contributed by atoms with Gasteiger partial charge in [-0.15, -0.1) is 0 Å². The van der Waals surface area contributed by atoms with Crippen LogP contribution in [0.25, 0.3) is 11.0 Å². The molecule has 0 atom stereocenters. The molecule has 0 radical (unpaired) electrons. The molecule has 1 aromatic carbocycles. The summed E-state index contributed by atoms with van der Waals surface area (Å²) in [6, 6.07) is 4.83. The lowest BCUT2D eigenvalue weighted by Crippen LogP contribution is -2.24. The van der Waals surface area contributed by atoms with Crippen molar-refractivity contribution in [2.75, 3.05) is 43.7 Å². The summed E-state index contributed by atoms with van der Waals surface area (Å²) in [7, 11) is 0. The van der Waals surface area contributed by atoms with Gasteiger partial charge in [0.15, 0.2) is 0 Å². The molecule has 240 valence electrons. The van der Waals surface area contributed by atoms with Crippen molar-refractivity contribution in [2.24, 2.45) is 5.73 Å². The van der Waals surface area contributed by atoms with Gasteiger partial charge in [-0.1, -0.05) is 28.1 Å². The number of benzene rings is 1. The summed E-state index contributed by atoms with van der Waals surface area (Å²) in [6.07, 6.45) is 4.01. The van der Waals surface area contributed by atoms with Gasteiger partial charge in [-0.05, 0) is 52.8 Å². The van der Waals surface area contributed by atoms with E-state index in [-0.39, 0.29) is 49.6 Å². The van der Waals surface area contributed by atoms with E-state index in [1.54, 1.807) is 27.4 Å². The quantitative estimate of drug-likeness (QED) is 0.0931. The number of nitrogens with one attached hydrogen (secondary N) is 1. The number of carbonyl (C=O) groups is 3. The molecule has 0 spiro atoms. The molecule has 0 aliphatic rings. The fraction of sp³-hybridized carbons (Fsp3) is 0.500. The van der Waals surface area contributed by atoms with Crippen LogP contribution in [0.3, 0.4) is 0 Å². The summed E-state index contributed by atoms with van der Waals surface area (Å²) in [5.41, 5.74) is 7.42. The van der Waals surface area contributed by atoms with Gasteiger partial charge in [0, 0.05) is 24.0 Å². The maximum absolute atomic E-state index is 13.2. The lowest BCUT2D eigenvalue weighted by atomic mass is 10.1. The topological polar surface area (TPSA) is 162 Å². The van der Waals surface area contributed by atoms with Crippen molar-refractivity contribution in [1.29, 1.82) is 0 Å². The Hall–Kier alpha value is -3.75. The maximum atomic E-state index is 13.2. The molecule has 0 fully saturated rings. The SMILES string of the molecule is CCn1nc(C)cc1C(=O)Nc1nc2cc(C(N)=O)cc(OCCOCCOCCC(=O)OC(C)(C)C)c2n1C/C=C/CBr. The van der Waals surface area contributed by atoms with Crippen LogP contribution in [0.1, 0.15) is 60.7 Å². The van der Waals surface area contributed by atoms with E-state index in [1.807, 2.05) is 46.8 Å². The third kappa shape index (κ3) is 10.2. The van der Waals surface area contributed by atoms with Crippen molar-refractivity contribution in [3.8, 4) is 5.75 Å². The Morgan fingerprint density at radius 2 is 1.75 bits per heavy atom. The van der Waals surface area contributed by atoms with E-state index in [0.717, 1.165) is 5.69 Å². The van der Waals surface area contributed by atoms with Crippen LogP contribution in [-0.4, -0.2) is 81.1 Å². The first kappa shape index (κ1) is 34.7. The minimum Gasteiger partial charge on any atom is -0.489 e. The zero-order chi connectivity index (χ0) is 32.3. The Morgan fingerprint density at radius 3 is 2.41 bits per heavy atom. The molecule has 0 bridgehead atoms. The molecule has 0 aliphatic carbocycles. The number of imidazole rings is 1. The molecule has 3 N–H and O–H groups in total. The van der Waals surface area contributed by atoms with Crippen LogP contribution >= 0.6 is 15.9 Å². The number of nitrogens with zero attached hydrogens (tertiary/aromatic N) is 4. The third-order valence-electron chi connectivity index (χ3n) is 6.02. The Kier molecular flexibility index (Phi) is 12.9. The van der Waals surface area contributed by atoms with Gasteiger partial charge in [0.05, 0.1) is 44.1 Å². The molecule has 13 nitrogen and oxygen atoms in total. The van der Waals surface area contributed by atoms with Crippen LogP contribution in [0.2, 0.25) is 0 Å². The van der Waals surface area contributed by atoms with E-state index in [2.05, 4.69) is 31.3 Å². The lowest BCUT2D eigenvalue weighted by molar-refractivity contribution is -0.156. The predicted octanol–water partition coefficient (Wildman–Crippen LogP) is 4.01. The van der Waals surface area contributed by atoms with E-state index in [4.69, 9.17) is 24.7 Å². The van der Waals surface area contributed by atoms with E-state index in [9.17, 15) is 14.4 Å². The molecule has 0 saturated heterocycles. The van der Waals surface area contributed by atoms with E-state index < -0.39 is 11.5 Å². The molecular formula is C30H41BrN6O7. The number of nitrogens with two attached hydrogens (primary N) is 1. The zero-order valence-electron chi connectivity index (χ0n) is 25.9. The Morgan fingerprint density at radius 1 is 1.05 bits per heavy atom. The standard InChI is InChI=1S/C30H41BrN6O7/c1-6-37-23(17-20(2)35-37)28(40)34-29-33-22-18-21(27(32)39)19-24(26(22)36(29)11-8-7-10-31)43-16-15-42-14-13-41-12-9-25(38)44-30(3,4)5/h7-8,17-19H,6,9-16H2,1-5H3,(H2,32,39)(H,33,34,40)/b8-7+. The van der Waals surface area contributed by atoms with Crippen LogP contribution in [0.15, 0.2) is 30.4 Å². The molecule has 0 saturated carbocycles. The number of esters is 1. The fourth-order valence-electron chi connectivity index (χ4n) is 4.21. The monoisotopic (exact) mass is 676 g/mol. The second-order valence-corrected chi connectivity index (χ2v) is 11.4. The van der Waals surface area contributed by atoms with E-state index in [1.165, 1.54) is 0 Å². The first-order chi connectivity index (χ1) is 20.9. The number of hydrogen-bond acceptors (Lipinski definition) is 9. The molecule has 2 aromatic heterocycles. The van der Waals surface area contributed by atoms with Gasteiger partial charge in [0.2, 0.25) is 11.9 Å². The van der Waals surface area contributed by atoms with Crippen molar-refractivity contribution in [1.82, 2.24) is 19.3 Å². The summed E-state index contributed by atoms with van der Waals surface area (Å²) in [5, 5.41) is 7.89. The van der Waals surface area contributed by atoms with Crippen molar-refractivity contribution in [3.05, 3.63) is 47.3 Å². The number of aromatic nitrogens is 4. The van der Waals surface area contributed by atoms with Crippen molar-refractivity contribution < 1.29 is 33.3 Å². The summed E-state index contributed by atoms with van der Waals surface area (Å²) >= 11 is 3.39. The lowest BCUT2D eigenvalue weighted by Gasteiger charge is -2.19. The number of primary amides is 1. The first-order valence-corrected chi connectivity index (χ1v) is 15.5. The largest absolute Gasteiger partial charge is 0.489 e. The van der Waals surface area contributed by atoms with Crippen LogP contribution in [0.5, 0.6) is 5.75 Å². The number of carbonyl (C=O) groups excluding carboxylic acids is 3. The summed E-state index contributed by atoms with van der Waals surface area (Å²) in [5.74, 6) is -0.685. The number of anilines is 1. The second kappa shape index (κ2) is 16.4. The van der Waals surface area contributed by atoms with E-state index >= 15 is 0 Å². The number of allylic oxidation sites excluding steroid dienone is 2. The van der Waals surface area contributed by atoms with E-state index in [0.29, 0.717) is 54.1 Å². The molecule has 44 heavy (non-hydrogen) atoms. The molecule has 14 heteroatoms. The Labute approximate surface area is 265 Å². The second-order valence-electron chi connectivity index (χ2n) is 10.7. The third-order valence-corrected chi connectivity index (χ3v) is 6.40. The highest BCUT2D eigenvalue weighted by Gasteiger charge is 2.21. The molecule has 3 rings (SSSR count). The minimum atomic E-state index is -0.641. The number of hydrogen-bond donors (Lipinski definition) is 2. The predicted molar refractivity (Wildman–Crippen MR) is 169 cm³/mol. The smallest absolute Gasteiger partial charge is 0.308 e.